The fourth-order valence-electron chi connectivity index (χ4n) is 2.96. The van der Waals surface area contributed by atoms with E-state index in [0.717, 1.165) is 23.4 Å². The second kappa shape index (κ2) is 10.4. The summed E-state index contributed by atoms with van der Waals surface area (Å²) in [5.41, 5.74) is 3.29. The zero-order valence-electron chi connectivity index (χ0n) is 16.9. The Balaban J connectivity index is 1.62. The van der Waals surface area contributed by atoms with Crippen LogP contribution in [-0.2, 0) is 6.54 Å². The summed E-state index contributed by atoms with van der Waals surface area (Å²) in [6.07, 6.45) is 1.73. The molecule has 0 amide bonds. The van der Waals surface area contributed by atoms with Gasteiger partial charge in [0.1, 0.15) is 6.54 Å². The Kier molecular flexibility index (Phi) is 7.41. The van der Waals surface area contributed by atoms with Crippen LogP contribution in [0.4, 0.5) is 0 Å². The molecule has 1 aromatic heterocycles. The van der Waals surface area contributed by atoms with E-state index in [9.17, 15) is 5.11 Å². The third-order valence-electron chi connectivity index (χ3n) is 4.61. The molecule has 3 aromatic rings. The van der Waals surface area contributed by atoms with Crippen molar-refractivity contribution < 1.29 is 9.52 Å². The lowest BCUT2D eigenvalue weighted by atomic mass is 10.0. The van der Waals surface area contributed by atoms with Gasteiger partial charge in [-0.05, 0) is 19.4 Å². The molecule has 29 heavy (non-hydrogen) atoms. The van der Waals surface area contributed by atoms with E-state index in [1.54, 1.807) is 6.20 Å². The Morgan fingerprint density at radius 2 is 1.86 bits per heavy atom. The summed E-state index contributed by atoms with van der Waals surface area (Å²) in [5.74, 6) is 1.95. The fourth-order valence-corrected chi connectivity index (χ4v) is 2.96. The van der Waals surface area contributed by atoms with Crippen molar-refractivity contribution in [3.8, 4) is 11.3 Å². The first kappa shape index (κ1) is 20.6. The molecule has 0 aliphatic rings. The molecule has 0 aliphatic heterocycles. The van der Waals surface area contributed by atoms with E-state index in [1.807, 2.05) is 61.5 Å². The molecule has 152 valence electrons. The monoisotopic (exact) mass is 392 g/mol. The zero-order chi connectivity index (χ0) is 20.5. The highest BCUT2D eigenvalue weighted by molar-refractivity contribution is 5.79. The molecule has 0 spiro atoms. The molecular weight excluding hydrogens is 364 g/mol. The zero-order valence-corrected chi connectivity index (χ0v) is 16.9. The van der Waals surface area contributed by atoms with Crippen molar-refractivity contribution in [1.82, 2.24) is 15.6 Å². The largest absolute Gasteiger partial charge is 0.439 e. The molecule has 0 bridgehead atoms. The molecular formula is C23H28N4O2. The van der Waals surface area contributed by atoms with Crippen LogP contribution in [0.2, 0.25) is 0 Å². The molecule has 2 aromatic carbocycles. The van der Waals surface area contributed by atoms with E-state index in [-0.39, 0.29) is 12.5 Å². The van der Waals surface area contributed by atoms with Gasteiger partial charge in [-0.25, -0.2) is 9.98 Å². The molecule has 0 fully saturated rings. The first-order valence-electron chi connectivity index (χ1n) is 9.89. The molecule has 3 N–H and O–H groups in total. The first-order valence-corrected chi connectivity index (χ1v) is 9.89. The molecule has 3 rings (SSSR count). The van der Waals surface area contributed by atoms with Crippen molar-refractivity contribution in [1.29, 1.82) is 0 Å². The molecule has 0 saturated heterocycles. The number of aromatic nitrogens is 1. The number of nitrogens with zero attached hydrogens (tertiary/aromatic N) is 2. The summed E-state index contributed by atoms with van der Waals surface area (Å²) in [7, 11) is 0. The first-order chi connectivity index (χ1) is 14.2. The number of hydrogen-bond donors (Lipinski definition) is 3. The Hall–Kier alpha value is -3.12. The number of oxazole rings is 1. The maximum absolute atomic E-state index is 9.73. The van der Waals surface area contributed by atoms with Gasteiger partial charge in [0.2, 0.25) is 5.89 Å². The summed E-state index contributed by atoms with van der Waals surface area (Å²) in [6.45, 7) is 5.78. The summed E-state index contributed by atoms with van der Waals surface area (Å²) in [4.78, 5) is 8.90. The maximum atomic E-state index is 9.73. The van der Waals surface area contributed by atoms with Crippen molar-refractivity contribution in [2.75, 3.05) is 19.7 Å². The van der Waals surface area contributed by atoms with E-state index in [0.29, 0.717) is 24.9 Å². The van der Waals surface area contributed by atoms with Crippen LogP contribution in [0.5, 0.6) is 0 Å². The van der Waals surface area contributed by atoms with Gasteiger partial charge in [0.25, 0.3) is 0 Å². The average molecular weight is 393 g/mol. The molecule has 1 atom stereocenters. The fraction of sp³-hybridized carbons (Fsp3) is 0.304. The van der Waals surface area contributed by atoms with Gasteiger partial charge in [-0.3, -0.25) is 0 Å². The third kappa shape index (κ3) is 5.93. The van der Waals surface area contributed by atoms with Crippen LogP contribution in [0.25, 0.3) is 11.3 Å². The molecule has 0 saturated carbocycles. The minimum absolute atomic E-state index is 0.00469. The number of hydrogen-bond acceptors (Lipinski definition) is 4. The lowest BCUT2D eigenvalue weighted by Gasteiger charge is -2.17. The minimum Gasteiger partial charge on any atom is -0.439 e. The van der Waals surface area contributed by atoms with Crippen LogP contribution in [0.1, 0.15) is 29.9 Å². The van der Waals surface area contributed by atoms with Crippen molar-refractivity contribution in [3.05, 3.63) is 77.8 Å². The SMILES string of the molecule is CCNC(=NCc1ncc(-c2ccc(C)cc2)o1)NCC(CO)c1ccccc1. The molecule has 6 nitrogen and oxygen atoms in total. The predicted molar refractivity (Wildman–Crippen MR) is 116 cm³/mol. The highest BCUT2D eigenvalue weighted by Gasteiger charge is 2.11. The van der Waals surface area contributed by atoms with Crippen LogP contribution < -0.4 is 10.6 Å². The number of nitrogens with one attached hydrogen (secondary N) is 2. The van der Waals surface area contributed by atoms with Gasteiger partial charge in [-0.1, -0.05) is 60.2 Å². The van der Waals surface area contributed by atoms with Crippen LogP contribution in [0, 0.1) is 6.92 Å². The van der Waals surface area contributed by atoms with Gasteiger partial charge >= 0.3 is 0 Å². The molecule has 6 heteroatoms. The topological polar surface area (TPSA) is 82.7 Å². The van der Waals surface area contributed by atoms with Crippen molar-refractivity contribution >= 4 is 5.96 Å². The Morgan fingerprint density at radius 3 is 2.55 bits per heavy atom. The molecule has 1 heterocycles. The van der Waals surface area contributed by atoms with E-state index < -0.39 is 0 Å². The number of benzene rings is 2. The molecule has 0 aliphatic carbocycles. The Morgan fingerprint density at radius 1 is 1.10 bits per heavy atom. The Bertz CT molecular complexity index is 904. The van der Waals surface area contributed by atoms with Gasteiger partial charge in [0.05, 0.1) is 12.8 Å². The van der Waals surface area contributed by atoms with Gasteiger partial charge in [0, 0.05) is 24.6 Å². The second-order valence-electron chi connectivity index (χ2n) is 6.85. The quantitative estimate of drug-likeness (QED) is 0.404. The second-order valence-corrected chi connectivity index (χ2v) is 6.85. The van der Waals surface area contributed by atoms with Gasteiger partial charge in [-0.15, -0.1) is 0 Å². The third-order valence-corrected chi connectivity index (χ3v) is 4.61. The lowest BCUT2D eigenvalue weighted by molar-refractivity contribution is 0.265. The predicted octanol–water partition coefficient (Wildman–Crippen LogP) is 3.48. The van der Waals surface area contributed by atoms with E-state index in [1.165, 1.54) is 5.56 Å². The maximum Gasteiger partial charge on any atom is 0.216 e. The number of aryl methyl sites for hydroxylation is 1. The lowest BCUT2D eigenvalue weighted by Crippen LogP contribution is -2.39. The highest BCUT2D eigenvalue weighted by atomic mass is 16.4. The van der Waals surface area contributed by atoms with Crippen molar-refractivity contribution in [3.63, 3.8) is 0 Å². The van der Waals surface area contributed by atoms with Crippen LogP contribution >= 0.6 is 0 Å². The van der Waals surface area contributed by atoms with Crippen molar-refractivity contribution in [2.45, 2.75) is 26.3 Å². The van der Waals surface area contributed by atoms with Gasteiger partial charge < -0.3 is 20.2 Å². The normalized spacial score (nSPS) is 12.6. The summed E-state index contributed by atoms with van der Waals surface area (Å²) in [5, 5.41) is 16.2. The Labute approximate surface area is 171 Å². The smallest absolute Gasteiger partial charge is 0.216 e. The highest BCUT2D eigenvalue weighted by Crippen LogP contribution is 2.21. The van der Waals surface area contributed by atoms with Crippen LogP contribution in [-0.4, -0.2) is 35.7 Å². The molecule has 1 unspecified atom stereocenters. The average Bonchev–Trinajstić information content (AvgIpc) is 3.22. The number of aliphatic imine (C=N–C) groups is 1. The number of aliphatic hydroxyl groups excluding tert-OH is 1. The number of guanidine groups is 1. The van der Waals surface area contributed by atoms with E-state index >= 15 is 0 Å². The summed E-state index contributed by atoms with van der Waals surface area (Å²) >= 11 is 0. The van der Waals surface area contributed by atoms with Crippen LogP contribution in [0.15, 0.2) is 70.2 Å². The van der Waals surface area contributed by atoms with Crippen molar-refractivity contribution in [2.24, 2.45) is 4.99 Å². The number of rotatable bonds is 8. The van der Waals surface area contributed by atoms with E-state index in [4.69, 9.17) is 4.42 Å². The minimum atomic E-state index is -0.00469. The summed E-state index contributed by atoms with van der Waals surface area (Å²) < 4.78 is 5.84. The standard InChI is InChI=1S/C23H28N4O2/c1-3-24-23(26-13-20(16-28)18-7-5-4-6-8-18)27-15-22-25-14-21(29-22)19-11-9-17(2)10-12-19/h4-12,14,20,28H,3,13,15-16H2,1-2H3,(H2,24,26,27). The van der Waals surface area contributed by atoms with Gasteiger partial charge in [-0.2, -0.15) is 0 Å². The molecule has 0 radical (unpaired) electrons. The summed E-state index contributed by atoms with van der Waals surface area (Å²) in [6, 6.07) is 18.1. The van der Waals surface area contributed by atoms with Crippen LogP contribution in [0.3, 0.4) is 0 Å². The van der Waals surface area contributed by atoms with E-state index in [2.05, 4.69) is 27.5 Å². The number of aliphatic hydroxyl groups is 1. The van der Waals surface area contributed by atoms with Gasteiger partial charge in [0.15, 0.2) is 11.7 Å².